The van der Waals surface area contributed by atoms with Crippen molar-refractivity contribution in [3.05, 3.63) is 76.2 Å². The highest BCUT2D eigenvalue weighted by atomic mass is 16.1. The maximum absolute atomic E-state index is 12.7. The van der Waals surface area contributed by atoms with E-state index in [1.54, 1.807) is 0 Å². The highest BCUT2D eigenvalue weighted by Gasteiger charge is 2.26. The third-order valence-corrected chi connectivity index (χ3v) is 5.23. The zero-order chi connectivity index (χ0) is 18.6. The van der Waals surface area contributed by atoms with Gasteiger partial charge in [0.1, 0.15) is 11.5 Å². The Labute approximate surface area is 158 Å². The number of benzene rings is 2. The summed E-state index contributed by atoms with van der Waals surface area (Å²) in [7, 11) is 0. The van der Waals surface area contributed by atoms with Gasteiger partial charge in [-0.1, -0.05) is 42.5 Å². The molecule has 0 unspecified atom stereocenters. The maximum atomic E-state index is 12.7. The average molecular weight is 361 g/mol. The largest absolute Gasteiger partial charge is 0.319 e. The molecule has 0 radical (unpaired) electrons. The van der Waals surface area contributed by atoms with Gasteiger partial charge < -0.3 is 4.98 Å². The summed E-state index contributed by atoms with van der Waals surface area (Å²) in [6.07, 6.45) is 2.37. The van der Waals surface area contributed by atoms with E-state index in [0.29, 0.717) is 25.2 Å². The van der Waals surface area contributed by atoms with E-state index in [2.05, 4.69) is 14.9 Å². The molecule has 1 saturated heterocycles. The molecule has 1 aromatic heterocycles. The van der Waals surface area contributed by atoms with Gasteiger partial charge in [-0.2, -0.15) is 0 Å². The van der Waals surface area contributed by atoms with E-state index in [1.807, 2.05) is 54.6 Å². The molecule has 0 spiro atoms. The molecular weight excluding hydrogens is 338 g/mol. The minimum Gasteiger partial charge on any atom is -0.319 e. The van der Waals surface area contributed by atoms with Crippen molar-refractivity contribution in [2.45, 2.75) is 25.8 Å². The van der Waals surface area contributed by atoms with E-state index < -0.39 is 0 Å². The molecular formula is C22H23N3O2. The number of carbonyl (C=O) groups excluding carboxylic acids is 1. The monoisotopic (exact) mass is 361 g/mol. The number of nitrogens with one attached hydrogen (secondary N) is 1. The number of hydrogen-bond donors (Lipinski definition) is 1. The average Bonchev–Trinajstić information content (AvgIpc) is 2.69. The summed E-state index contributed by atoms with van der Waals surface area (Å²) in [5.74, 6) is 0.310. The number of Topliss-reactive ketones (excluding diaryl/α,β-unsaturated/α-hetero) is 1. The molecule has 5 heteroatoms. The molecule has 0 aliphatic carbocycles. The molecule has 138 valence electrons. The highest BCUT2D eigenvalue weighted by Crippen LogP contribution is 2.20. The summed E-state index contributed by atoms with van der Waals surface area (Å²) >= 11 is 0. The van der Waals surface area contributed by atoms with Gasteiger partial charge in [0.05, 0.1) is 11.0 Å². The molecule has 1 aliphatic rings. The van der Waals surface area contributed by atoms with Gasteiger partial charge in [0, 0.05) is 25.4 Å². The lowest BCUT2D eigenvalue weighted by molar-refractivity contribution is -0.124. The molecule has 2 aromatic carbocycles. The van der Waals surface area contributed by atoms with Crippen molar-refractivity contribution in [2.75, 3.05) is 13.1 Å². The van der Waals surface area contributed by atoms with Crippen molar-refractivity contribution in [2.24, 2.45) is 5.92 Å². The Hall–Kier alpha value is -2.79. The highest BCUT2D eigenvalue weighted by molar-refractivity contribution is 5.83. The molecule has 1 atom stereocenters. The van der Waals surface area contributed by atoms with Crippen LogP contribution < -0.4 is 5.56 Å². The van der Waals surface area contributed by atoms with Crippen LogP contribution in [0, 0.1) is 5.92 Å². The summed E-state index contributed by atoms with van der Waals surface area (Å²) in [6.45, 7) is 2.07. The second-order valence-corrected chi connectivity index (χ2v) is 7.23. The Balaban J connectivity index is 1.45. The maximum Gasteiger partial charge on any atom is 0.271 e. The van der Waals surface area contributed by atoms with Crippen LogP contribution in [0.2, 0.25) is 0 Å². The molecule has 4 rings (SSSR count). The Morgan fingerprint density at radius 2 is 1.89 bits per heavy atom. The number of piperidine rings is 1. The zero-order valence-electron chi connectivity index (χ0n) is 15.2. The summed E-state index contributed by atoms with van der Waals surface area (Å²) < 4.78 is 0. The Bertz CT molecular complexity index is 997. The predicted molar refractivity (Wildman–Crippen MR) is 106 cm³/mol. The summed E-state index contributed by atoms with van der Waals surface area (Å²) in [6, 6.07) is 17.4. The predicted octanol–water partition coefficient (Wildman–Crippen LogP) is 2.95. The van der Waals surface area contributed by atoms with Crippen LogP contribution >= 0.6 is 0 Å². The second-order valence-electron chi connectivity index (χ2n) is 7.23. The molecule has 1 aliphatic heterocycles. The fourth-order valence-electron chi connectivity index (χ4n) is 3.79. The lowest BCUT2D eigenvalue weighted by Crippen LogP contribution is -2.40. The number of H-pyrrole nitrogens is 1. The number of likely N-dealkylation sites (tertiary alicyclic amines) is 1. The number of rotatable bonds is 5. The Morgan fingerprint density at radius 1 is 1.11 bits per heavy atom. The van der Waals surface area contributed by atoms with Crippen LogP contribution in [-0.2, 0) is 17.8 Å². The van der Waals surface area contributed by atoms with Crippen LogP contribution in [-0.4, -0.2) is 33.7 Å². The van der Waals surface area contributed by atoms with Crippen LogP contribution in [0.5, 0.6) is 0 Å². The fraction of sp³-hybridized carbons (Fsp3) is 0.318. The molecule has 0 saturated carbocycles. The minimum atomic E-state index is -0.147. The van der Waals surface area contributed by atoms with E-state index in [1.165, 1.54) is 0 Å². The normalized spacial score (nSPS) is 17.9. The van der Waals surface area contributed by atoms with Crippen LogP contribution in [0.1, 0.15) is 24.1 Å². The molecule has 0 bridgehead atoms. The summed E-state index contributed by atoms with van der Waals surface area (Å²) in [5.41, 5.74) is 2.98. The summed E-state index contributed by atoms with van der Waals surface area (Å²) in [4.78, 5) is 34.7. The number of fused-ring (bicyclic) bond motifs is 1. The molecule has 1 N–H and O–H groups in total. The molecule has 1 fully saturated rings. The third kappa shape index (κ3) is 4.14. The van der Waals surface area contributed by atoms with Crippen LogP contribution in [0.3, 0.4) is 0 Å². The first-order valence-corrected chi connectivity index (χ1v) is 9.46. The first kappa shape index (κ1) is 17.6. The zero-order valence-corrected chi connectivity index (χ0v) is 15.2. The van der Waals surface area contributed by atoms with Crippen molar-refractivity contribution in [1.82, 2.24) is 14.9 Å². The van der Waals surface area contributed by atoms with Crippen LogP contribution in [0.4, 0.5) is 0 Å². The third-order valence-electron chi connectivity index (χ3n) is 5.23. The number of nitrogens with zero attached hydrogens (tertiary/aromatic N) is 2. The Morgan fingerprint density at radius 3 is 2.74 bits per heavy atom. The SMILES string of the molecule is O=C(Cc1ccccc1)[C@@H]1CCCN(Cc2nc3ccccc3[nH]c2=O)C1. The number of ketones is 1. The van der Waals surface area contributed by atoms with Gasteiger partial charge in [-0.3, -0.25) is 14.5 Å². The summed E-state index contributed by atoms with van der Waals surface area (Å²) in [5, 5.41) is 0. The first-order valence-electron chi connectivity index (χ1n) is 9.46. The molecule has 5 nitrogen and oxygen atoms in total. The lowest BCUT2D eigenvalue weighted by Gasteiger charge is -2.31. The van der Waals surface area contributed by atoms with Gasteiger partial charge in [-0.15, -0.1) is 0 Å². The van der Waals surface area contributed by atoms with Crippen molar-refractivity contribution in [3.8, 4) is 0 Å². The number of aromatic nitrogens is 2. The second kappa shape index (κ2) is 7.84. The van der Waals surface area contributed by atoms with Crippen molar-refractivity contribution < 1.29 is 4.79 Å². The topological polar surface area (TPSA) is 66.1 Å². The molecule has 0 amide bonds. The van der Waals surface area contributed by atoms with Crippen molar-refractivity contribution >= 4 is 16.8 Å². The van der Waals surface area contributed by atoms with Gasteiger partial charge in [0.25, 0.3) is 5.56 Å². The van der Waals surface area contributed by atoms with E-state index in [0.717, 1.165) is 36.0 Å². The van der Waals surface area contributed by atoms with Gasteiger partial charge in [-0.25, -0.2) is 4.98 Å². The molecule has 3 aromatic rings. The smallest absolute Gasteiger partial charge is 0.271 e. The number of carbonyl (C=O) groups is 1. The number of aromatic amines is 1. The first-order chi connectivity index (χ1) is 13.2. The molecule has 27 heavy (non-hydrogen) atoms. The van der Waals surface area contributed by atoms with Gasteiger partial charge >= 0.3 is 0 Å². The lowest BCUT2D eigenvalue weighted by atomic mass is 9.90. The standard InChI is InChI=1S/C22H23N3O2/c26-21(13-16-7-2-1-3-8-16)17-9-6-12-25(14-17)15-20-22(27)24-19-11-5-4-10-18(19)23-20/h1-5,7-8,10-11,17H,6,9,12-15H2,(H,24,27)/t17-/m1/s1. The molecule has 2 heterocycles. The number of para-hydroxylation sites is 2. The van der Waals surface area contributed by atoms with E-state index in [9.17, 15) is 9.59 Å². The van der Waals surface area contributed by atoms with Crippen molar-refractivity contribution in [1.29, 1.82) is 0 Å². The van der Waals surface area contributed by atoms with Gasteiger partial charge in [0.15, 0.2) is 0 Å². The quantitative estimate of drug-likeness (QED) is 0.759. The minimum absolute atomic E-state index is 0.0264. The van der Waals surface area contributed by atoms with E-state index in [-0.39, 0.29) is 17.3 Å². The van der Waals surface area contributed by atoms with Crippen LogP contribution in [0.25, 0.3) is 11.0 Å². The van der Waals surface area contributed by atoms with Crippen molar-refractivity contribution in [3.63, 3.8) is 0 Å². The van der Waals surface area contributed by atoms with E-state index in [4.69, 9.17) is 0 Å². The van der Waals surface area contributed by atoms with E-state index >= 15 is 0 Å². The van der Waals surface area contributed by atoms with Crippen LogP contribution in [0.15, 0.2) is 59.4 Å². The van der Waals surface area contributed by atoms with Gasteiger partial charge in [-0.05, 0) is 37.1 Å². The fourth-order valence-corrected chi connectivity index (χ4v) is 3.79. The van der Waals surface area contributed by atoms with Gasteiger partial charge in [0.2, 0.25) is 0 Å². The number of hydrogen-bond acceptors (Lipinski definition) is 4. The Kier molecular flexibility index (Phi) is 5.12.